The predicted molar refractivity (Wildman–Crippen MR) is 98.8 cm³/mol. The zero-order valence-electron chi connectivity index (χ0n) is 13.4. The van der Waals surface area contributed by atoms with E-state index in [0.29, 0.717) is 6.54 Å². The largest absolute Gasteiger partial charge is 0.321 e. The Kier molecular flexibility index (Phi) is 6.41. The van der Waals surface area contributed by atoms with Crippen LogP contribution in [0.15, 0.2) is 65.3 Å². The van der Waals surface area contributed by atoms with Crippen molar-refractivity contribution >= 4 is 28.0 Å². The van der Waals surface area contributed by atoms with E-state index < -0.39 is 0 Å². The molecule has 2 rings (SSSR count). The highest BCUT2D eigenvalue weighted by Gasteiger charge is 2.15. The predicted octanol–water partition coefficient (Wildman–Crippen LogP) is 5.04. The molecule has 0 heterocycles. The summed E-state index contributed by atoms with van der Waals surface area (Å²) < 4.78 is 0.996. The number of nitrogens with one attached hydrogen (secondary N) is 1. The zero-order valence-corrected chi connectivity index (χ0v) is 15.0. The van der Waals surface area contributed by atoms with Gasteiger partial charge in [-0.2, -0.15) is 0 Å². The highest BCUT2D eigenvalue weighted by Crippen LogP contribution is 2.16. The van der Waals surface area contributed by atoms with Crippen molar-refractivity contribution in [1.82, 2.24) is 10.2 Å². The Labute approximate surface area is 146 Å². The van der Waals surface area contributed by atoms with Gasteiger partial charge in [-0.25, -0.2) is 4.79 Å². The SMILES string of the molecule is CC(C)N(Cc1ccccc1)C(=O)N/C=C/c1ccccc1Br. The van der Waals surface area contributed by atoms with Gasteiger partial charge in [-0.05, 0) is 37.1 Å². The molecule has 0 saturated carbocycles. The molecule has 0 spiro atoms. The summed E-state index contributed by atoms with van der Waals surface area (Å²) in [6.07, 6.45) is 3.56. The molecule has 1 N–H and O–H groups in total. The standard InChI is InChI=1S/C19H21BrN2O/c1-15(2)22(14-16-8-4-3-5-9-16)19(23)21-13-12-17-10-6-7-11-18(17)20/h3-13,15H,14H2,1-2H3,(H,21,23)/b13-12+. The maximum absolute atomic E-state index is 12.4. The lowest BCUT2D eigenvalue weighted by Crippen LogP contribution is -2.41. The van der Waals surface area contributed by atoms with Gasteiger partial charge in [0.25, 0.3) is 0 Å². The van der Waals surface area contributed by atoms with Crippen LogP contribution in [0, 0.1) is 0 Å². The second kappa shape index (κ2) is 8.53. The Morgan fingerprint density at radius 3 is 2.43 bits per heavy atom. The van der Waals surface area contributed by atoms with E-state index in [1.807, 2.05) is 74.5 Å². The molecule has 0 unspecified atom stereocenters. The summed E-state index contributed by atoms with van der Waals surface area (Å²) in [4.78, 5) is 14.2. The number of carbonyl (C=O) groups is 1. The lowest BCUT2D eigenvalue weighted by Gasteiger charge is -2.26. The van der Waals surface area contributed by atoms with E-state index in [1.54, 1.807) is 11.1 Å². The molecule has 2 amide bonds. The number of urea groups is 1. The van der Waals surface area contributed by atoms with E-state index in [9.17, 15) is 4.79 Å². The van der Waals surface area contributed by atoms with Crippen molar-refractivity contribution in [3.8, 4) is 0 Å². The van der Waals surface area contributed by atoms with Crippen LogP contribution in [0.5, 0.6) is 0 Å². The molecule has 0 aliphatic carbocycles. The topological polar surface area (TPSA) is 32.3 Å². The van der Waals surface area contributed by atoms with Crippen molar-refractivity contribution in [2.24, 2.45) is 0 Å². The van der Waals surface area contributed by atoms with Crippen LogP contribution in [0.2, 0.25) is 0 Å². The molecule has 3 nitrogen and oxygen atoms in total. The molecule has 2 aromatic rings. The lowest BCUT2D eigenvalue weighted by atomic mass is 10.2. The van der Waals surface area contributed by atoms with Gasteiger partial charge in [0, 0.05) is 23.3 Å². The molecule has 2 aromatic carbocycles. The van der Waals surface area contributed by atoms with Crippen molar-refractivity contribution in [3.05, 3.63) is 76.4 Å². The average molecular weight is 373 g/mol. The van der Waals surface area contributed by atoms with Gasteiger partial charge in [0.2, 0.25) is 0 Å². The normalized spacial score (nSPS) is 11.0. The number of halogens is 1. The van der Waals surface area contributed by atoms with E-state index in [1.165, 1.54) is 0 Å². The van der Waals surface area contributed by atoms with E-state index in [-0.39, 0.29) is 12.1 Å². The first-order valence-electron chi connectivity index (χ1n) is 7.60. The van der Waals surface area contributed by atoms with E-state index in [4.69, 9.17) is 0 Å². The number of rotatable bonds is 5. The molecular formula is C19H21BrN2O. The third-order valence-electron chi connectivity index (χ3n) is 3.45. The van der Waals surface area contributed by atoms with Gasteiger partial charge in [0.1, 0.15) is 0 Å². The summed E-state index contributed by atoms with van der Waals surface area (Å²) in [6, 6.07) is 17.9. The number of amides is 2. The smallest absolute Gasteiger partial charge is 0.318 e. The molecule has 0 fully saturated rings. The van der Waals surface area contributed by atoms with E-state index in [2.05, 4.69) is 21.2 Å². The van der Waals surface area contributed by atoms with Gasteiger partial charge >= 0.3 is 6.03 Å². The first-order valence-corrected chi connectivity index (χ1v) is 8.39. The van der Waals surface area contributed by atoms with Crippen LogP contribution < -0.4 is 5.32 Å². The van der Waals surface area contributed by atoms with Crippen molar-refractivity contribution in [1.29, 1.82) is 0 Å². The third-order valence-corrected chi connectivity index (χ3v) is 4.18. The molecule has 4 heteroatoms. The summed E-state index contributed by atoms with van der Waals surface area (Å²) in [6.45, 7) is 4.62. The Bertz CT molecular complexity index is 668. The third kappa shape index (κ3) is 5.25. The Hall–Kier alpha value is -2.07. The summed E-state index contributed by atoms with van der Waals surface area (Å²) in [5.74, 6) is 0. The van der Waals surface area contributed by atoms with Crippen molar-refractivity contribution < 1.29 is 4.79 Å². The van der Waals surface area contributed by atoms with Crippen molar-refractivity contribution in [3.63, 3.8) is 0 Å². The van der Waals surface area contributed by atoms with Crippen LogP contribution in [0.1, 0.15) is 25.0 Å². The molecule has 120 valence electrons. The fourth-order valence-corrected chi connectivity index (χ4v) is 2.58. The fourth-order valence-electron chi connectivity index (χ4n) is 2.16. The average Bonchev–Trinajstić information content (AvgIpc) is 2.55. The Morgan fingerprint density at radius 1 is 1.13 bits per heavy atom. The molecule has 0 aliphatic heterocycles. The Balaban J connectivity index is 2.00. The molecule has 0 aromatic heterocycles. The summed E-state index contributed by atoms with van der Waals surface area (Å²) in [5, 5.41) is 2.85. The van der Waals surface area contributed by atoms with Gasteiger partial charge in [0.05, 0.1) is 0 Å². The fraction of sp³-hybridized carbons (Fsp3) is 0.211. The molecule has 0 atom stereocenters. The Morgan fingerprint density at radius 2 is 1.78 bits per heavy atom. The highest BCUT2D eigenvalue weighted by molar-refractivity contribution is 9.10. The van der Waals surface area contributed by atoms with Gasteiger partial charge in [0.15, 0.2) is 0 Å². The van der Waals surface area contributed by atoms with Gasteiger partial charge in [-0.15, -0.1) is 0 Å². The minimum atomic E-state index is -0.104. The van der Waals surface area contributed by atoms with Crippen LogP contribution in [0.3, 0.4) is 0 Å². The van der Waals surface area contributed by atoms with Crippen molar-refractivity contribution in [2.75, 3.05) is 0 Å². The lowest BCUT2D eigenvalue weighted by molar-refractivity contribution is 0.183. The van der Waals surface area contributed by atoms with Gasteiger partial charge < -0.3 is 10.2 Å². The van der Waals surface area contributed by atoms with Crippen molar-refractivity contribution in [2.45, 2.75) is 26.4 Å². The second-order valence-corrected chi connectivity index (χ2v) is 6.37. The molecule has 0 saturated heterocycles. The van der Waals surface area contributed by atoms with Crippen LogP contribution in [0.4, 0.5) is 4.79 Å². The number of nitrogens with zero attached hydrogens (tertiary/aromatic N) is 1. The summed E-state index contributed by atoms with van der Waals surface area (Å²) >= 11 is 3.49. The molecule has 0 aliphatic rings. The summed E-state index contributed by atoms with van der Waals surface area (Å²) in [7, 11) is 0. The monoisotopic (exact) mass is 372 g/mol. The number of hydrogen-bond acceptors (Lipinski definition) is 1. The maximum Gasteiger partial charge on any atom is 0.321 e. The maximum atomic E-state index is 12.4. The highest BCUT2D eigenvalue weighted by atomic mass is 79.9. The van der Waals surface area contributed by atoms with Crippen LogP contribution in [-0.2, 0) is 6.54 Å². The van der Waals surface area contributed by atoms with Crippen LogP contribution in [0.25, 0.3) is 6.08 Å². The van der Waals surface area contributed by atoms with Gasteiger partial charge in [-0.3, -0.25) is 0 Å². The zero-order chi connectivity index (χ0) is 16.7. The van der Waals surface area contributed by atoms with Crippen LogP contribution >= 0.6 is 15.9 Å². The second-order valence-electron chi connectivity index (χ2n) is 5.51. The van der Waals surface area contributed by atoms with E-state index >= 15 is 0 Å². The number of carbonyl (C=O) groups excluding carboxylic acids is 1. The van der Waals surface area contributed by atoms with Gasteiger partial charge in [-0.1, -0.05) is 64.5 Å². The first-order chi connectivity index (χ1) is 11.1. The summed E-state index contributed by atoms with van der Waals surface area (Å²) in [5.41, 5.74) is 2.14. The minimum Gasteiger partial charge on any atom is -0.318 e. The molecule has 0 bridgehead atoms. The van der Waals surface area contributed by atoms with E-state index in [0.717, 1.165) is 15.6 Å². The first kappa shape index (κ1) is 17.3. The number of benzene rings is 2. The molecule has 0 radical (unpaired) electrons. The molecule has 23 heavy (non-hydrogen) atoms. The number of hydrogen-bond donors (Lipinski definition) is 1. The quantitative estimate of drug-likeness (QED) is 0.783. The molecular weight excluding hydrogens is 352 g/mol. The van der Waals surface area contributed by atoms with Crippen LogP contribution in [-0.4, -0.2) is 17.0 Å². The minimum absolute atomic E-state index is 0.104.